The molecule has 7 rings (SSSR count). The van der Waals surface area contributed by atoms with Crippen LogP contribution in [-0.2, 0) is 0 Å². The minimum atomic E-state index is 1.17. The molecule has 0 bridgehead atoms. The first-order valence-electron chi connectivity index (χ1n) is 9.23. The summed E-state index contributed by atoms with van der Waals surface area (Å²) in [6, 6.07) is 25.9. The van der Waals surface area contributed by atoms with Crippen molar-refractivity contribution in [3.8, 4) is 0 Å². The minimum absolute atomic E-state index is 1.17. The zero-order valence-corrected chi connectivity index (χ0v) is 14.4. The van der Waals surface area contributed by atoms with Crippen LogP contribution in [0.15, 0.2) is 72.8 Å². The van der Waals surface area contributed by atoms with E-state index >= 15 is 0 Å². The van der Waals surface area contributed by atoms with Crippen molar-refractivity contribution < 1.29 is 0 Å². The second-order valence-electron chi connectivity index (χ2n) is 7.29. The molecule has 3 aromatic heterocycles. The number of para-hydroxylation sites is 2. The average Bonchev–Trinajstić information content (AvgIpc) is 3.38. The molecule has 0 unspecified atom stereocenters. The summed E-state index contributed by atoms with van der Waals surface area (Å²) < 4.78 is 0. The van der Waals surface area contributed by atoms with Gasteiger partial charge in [0.1, 0.15) is 0 Å². The maximum atomic E-state index is 3.72. The molecule has 0 atom stereocenters. The first kappa shape index (κ1) is 13.5. The van der Waals surface area contributed by atoms with E-state index in [1.165, 1.54) is 65.4 Å². The monoisotopic (exact) mass is 345 g/mol. The lowest BCUT2D eigenvalue weighted by Gasteiger charge is -1.95. The lowest BCUT2D eigenvalue weighted by Crippen LogP contribution is -1.73. The third kappa shape index (κ3) is 1.57. The summed E-state index contributed by atoms with van der Waals surface area (Å²) in [5, 5.41) is 7.57. The summed E-state index contributed by atoms with van der Waals surface area (Å²) in [6.45, 7) is 0. The van der Waals surface area contributed by atoms with Crippen LogP contribution in [0.3, 0.4) is 0 Å². The van der Waals surface area contributed by atoms with Gasteiger partial charge in [-0.3, -0.25) is 0 Å². The summed E-state index contributed by atoms with van der Waals surface area (Å²) in [5.41, 5.74) is 7.04. The molecule has 0 radical (unpaired) electrons. The first-order valence-corrected chi connectivity index (χ1v) is 9.23. The van der Waals surface area contributed by atoms with Crippen molar-refractivity contribution in [1.82, 2.24) is 15.0 Å². The lowest BCUT2D eigenvalue weighted by atomic mass is 10.1. The maximum Gasteiger partial charge on any atom is 0.0711 e. The first-order chi connectivity index (χ1) is 13.4. The molecule has 3 heterocycles. The number of nitrogens with one attached hydrogen (secondary N) is 3. The number of H-pyrrole nitrogens is 3. The molecule has 0 fully saturated rings. The number of aromatic amines is 3. The SMILES string of the molecule is c1ccc2c(c1)[nH]c1c2ccc2c3ccc4c5ccccc5[nH]c4c3[nH]c21. The van der Waals surface area contributed by atoms with Crippen LogP contribution in [0.4, 0.5) is 0 Å². The van der Waals surface area contributed by atoms with Gasteiger partial charge in [0.25, 0.3) is 0 Å². The smallest absolute Gasteiger partial charge is 0.0711 e. The van der Waals surface area contributed by atoms with Crippen molar-refractivity contribution in [3.05, 3.63) is 72.8 Å². The number of benzene rings is 4. The predicted molar refractivity (Wildman–Crippen MR) is 115 cm³/mol. The Bertz CT molecular complexity index is 1550. The molecule has 27 heavy (non-hydrogen) atoms. The quantitative estimate of drug-likeness (QED) is 0.278. The number of rotatable bonds is 0. The van der Waals surface area contributed by atoms with Crippen molar-refractivity contribution in [2.45, 2.75) is 0 Å². The van der Waals surface area contributed by atoms with Gasteiger partial charge >= 0.3 is 0 Å². The molecular formula is C24H15N3. The van der Waals surface area contributed by atoms with Gasteiger partial charge in [-0.1, -0.05) is 60.7 Å². The molecule has 3 nitrogen and oxygen atoms in total. The van der Waals surface area contributed by atoms with Crippen LogP contribution in [0.2, 0.25) is 0 Å². The Balaban J connectivity index is 1.72. The van der Waals surface area contributed by atoms with Crippen molar-refractivity contribution in [3.63, 3.8) is 0 Å². The van der Waals surface area contributed by atoms with E-state index in [1.807, 2.05) is 0 Å². The molecular weight excluding hydrogens is 330 g/mol. The Morgan fingerprint density at radius 3 is 1.19 bits per heavy atom. The molecule has 7 aromatic rings. The normalized spacial score (nSPS) is 12.4. The number of hydrogen-bond donors (Lipinski definition) is 3. The third-order valence-corrected chi connectivity index (χ3v) is 5.90. The van der Waals surface area contributed by atoms with Crippen LogP contribution in [0.1, 0.15) is 0 Å². The zero-order chi connectivity index (χ0) is 17.5. The minimum Gasteiger partial charge on any atom is -0.353 e. The van der Waals surface area contributed by atoms with Crippen molar-refractivity contribution in [2.24, 2.45) is 0 Å². The molecule has 0 aliphatic heterocycles. The Morgan fingerprint density at radius 1 is 0.333 bits per heavy atom. The second-order valence-corrected chi connectivity index (χ2v) is 7.29. The van der Waals surface area contributed by atoms with Gasteiger partial charge in [-0.05, 0) is 12.1 Å². The van der Waals surface area contributed by atoms with Crippen LogP contribution < -0.4 is 0 Å². The van der Waals surface area contributed by atoms with Crippen LogP contribution >= 0.6 is 0 Å². The van der Waals surface area contributed by atoms with Gasteiger partial charge < -0.3 is 15.0 Å². The maximum absolute atomic E-state index is 3.72. The van der Waals surface area contributed by atoms with E-state index in [0.29, 0.717) is 0 Å². The summed E-state index contributed by atoms with van der Waals surface area (Å²) in [7, 11) is 0. The predicted octanol–water partition coefficient (Wildman–Crippen LogP) is 6.59. The van der Waals surface area contributed by atoms with Gasteiger partial charge in [0.15, 0.2) is 0 Å². The van der Waals surface area contributed by atoms with Crippen LogP contribution in [-0.4, -0.2) is 15.0 Å². The van der Waals surface area contributed by atoms with Crippen molar-refractivity contribution >= 4 is 65.4 Å². The van der Waals surface area contributed by atoms with E-state index in [2.05, 4.69) is 87.7 Å². The Labute approximate surface area is 153 Å². The van der Waals surface area contributed by atoms with Gasteiger partial charge in [0.2, 0.25) is 0 Å². The zero-order valence-electron chi connectivity index (χ0n) is 14.4. The largest absolute Gasteiger partial charge is 0.353 e. The van der Waals surface area contributed by atoms with Gasteiger partial charge in [0.05, 0.1) is 22.1 Å². The average molecular weight is 345 g/mol. The standard InChI is InChI=1S/C24H15N3/c1-3-7-19-13(5-1)15-9-11-17-18-12-10-16-14-6-2-4-8-20(14)26-22(16)24(18)27-23(17)21(15)25-19/h1-12,25-27H. The molecule has 3 N–H and O–H groups in total. The summed E-state index contributed by atoms with van der Waals surface area (Å²) in [5.74, 6) is 0. The highest BCUT2D eigenvalue weighted by atomic mass is 14.8. The van der Waals surface area contributed by atoms with Gasteiger partial charge in [-0.25, -0.2) is 0 Å². The highest BCUT2D eigenvalue weighted by Gasteiger charge is 2.14. The Kier molecular flexibility index (Phi) is 2.25. The fourth-order valence-corrected chi connectivity index (χ4v) is 4.67. The molecule has 0 amide bonds. The lowest BCUT2D eigenvalue weighted by molar-refractivity contribution is 1.50. The Morgan fingerprint density at radius 2 is 0.704 bits per heavy atom. The topological polar surface area (TPSA) is 47.4 Å². The summed E-state index contributed by atoms with van der Waals surface area (Å²) in [6.07, 6.45) is 0. The molecule has 3 heteroatoms. The molecule has 0 aliphatic rings. The number of hydrogen-bond acceptors (Lipinski definition) is 0. The number of fused-ring (bicyclic) bond motifs is 11. The fraction of sp³-hybridized carbons (Fsp3) is 0. The van der Waals surface area contributed by atoms with Crippen molar-refractivity contribution in [1.29, 1.82) is 0 Å². The van der Waals surface area contributed by atoms with E-state index in [1.54, 1.807) is 0 Å². The third-order valence-electron chi connectivity index (χ3n) is 5.90. The summed E-state index contributed by atoms with van der Waals surface area (Å²) in [4.78, 5) is 11.0. The van der Waals surface area contributed by atoms with Gasteiger partial charge in [-0.2, -0.15) is 0 Å². The molecule has 0 saturated heterocycles. The van der Waals surface area contributed by atoms with E-state index in [0.717, 1.165) is 0 Å². The van der Waals surface area contributed by atoms with Gasteiger partial charge in [0, 0.05) is 43.4 Å². The van der Waals surface area contributed by atoms with E-state index < -0.39 is 0 Å². The van der Waals surface area contributed by atoms with E-state index in [4.69, 9.17) is 0 Å². The molecule has 126 valence electrons. The molecule has 0 spiro atoms. The molecule has 0 aliphatic carbocycles. The highest BCUT2D eigenvalue weighted by Crippen LogP contribution is 2.38. The fourth-order valence-electron chi connectivity index (χ4n) is 4.67. The second kappa shape index (κ2) is 4.51. The number of aromatic nitrogens is 3. The highest BCUT2D eigenvalue weighted by molar-refractivity contribution is 6.26. The van der Waals surface area contributed by atoms with E-state index in [9.17, 15) is 0 Å². The van der Waals surface area contributed by atoms with Crippen LogP contribution in [0.5, 0.6) is 0 Å². The molecule has 4 aromatic carbocycles. The van der Waals surface area contributed by atoms with E-state index in [-0.39, 0.29) is 0 Å². The van der Waals surface area contributed by atoms with Crippen LogP contribution in [0.25, 0.3) is 65.4 Å². The van der Waals surface area contributed by atoms with Gasteiger partial charge in [-0.15, -0.1) is 0 Å². The Hall–Kier alpha value is -3.72. The summed E-state index contributed by atoms with van der Waals surface area (Å²) >= 11 is 0. The van der Waals surface area contributed by atoms with Crippen molar-refractivity contribution in [2.75, 3.05) is 0 Å². The van der Waals surface area contributed by atoms with Crippen LogP contribution in [0, 0.1) is 0 Å². The molecule has 0 saturated carbocycles.